The second kappa shape index (κ2) is 12.8. The Morgan fingerprint density at radius 3 is 2.23 bits per heavy atom. The molecule has 1 aliphatic carbocycles. The van der Waals surface area contributed by atoms with Crippen molar-refractivity contribution in [2.75, 3.05) is 0 Å². The van der Waals surface area contributed by atoms with Gasteiger partial charge in [0, 0.05) is 17.5 Å². The zero-order valence-electron chi connectivity index (χ0n) is 24.8. The first kappa shape index (κ1) is 28.8. The number of hydrogen-bond donors (Lipinski definition) is 1. The minimum absolute atomic E-state index is 0.165. The van der Waals surface area contributed by atoms with E-state index in [0.717, 1.165) is 24.8 Å². The van der Waals surface area contributed by atoms with Gasteiger partial charge in [-0.25, -0.2) is 4.98 Å². The van der Waals surface area contributed by atoms with Crippen molar-refractivity contribution in [1.29, 1.82) is 0 Å². The highest BCUT2D eigenvalue weighted by Gasteiger charge is 2.30. The van der Waals surface area contributed by atoms with Crippen molar-refractivity contribution >= 4 is 11.3 Å². The normalized spacial score (nSPS) is 18.4. The van der Waals surface area contributed by atoms with E-state index in [-0.39, 0.29) is 5.92 Å². The summed E-state index contributed by atoms with van der Waals surface area (Å²) in [6.45, 7) is 11.4. The largest absolute Gasteiger partial charge is 0.388 e. The van der Waals surface area contributed by atoms with Gasteiger partial charge in [-0.15, -0.1) is 11.3 Å². The molecule has 0 bridgehead atoms. The number of nitrogens with zero attached hydrogens (tertiary/aromatic N) is 1. The van der Waals surface area contributed by atoms with Crippen LogP contribution in [-0.2, 0) is 25.7 Å². The van der Waals surface area contributed by atoms with Gasteiger partial charge in [0.2, 0.25) is 0 Å². The lowest BCUT2D eigenvalue weighted by Crippen LogP contribution is -2.24. The predicted molar refractivity (Wildman–Crippen MR) is 169 cm³/mol. The van der Waals surface area contributed by atoms with Gasteiger partial charge in [-0.3, -0.25) is 0 Å². The van der Waals surface area contributed by atoms with Crippen molar-refractivity contribution in [2.24, 2.45) is 23.7 Å². The lowest BCUT2D eigenvalue weighted by Gasteiger charge is -2.35. The van der Waals surface area contributed by atoms with Gasteiger partial charge in [-0.2, -0.15) is 0 Å². The van der Waals surface area contributed by atoms with Crippen LogP contribution in [0.15, 0.2) is 84.4 Å². The number of benzene rings is 3. The highest BCUT2D eigenvalue weighted by Crippen LogP contribution is 2.41. The summed E-state index contributed by atoms with van der Waals surface area (Å²) in [5, 5.41) is 14.6. The Balaban J connectivity index is 1.17. The number of fused-ring (bicyclic) bond motifs is 1. The average Bonchev–Trinajstić information content (AvgIpc) is 3.47. The third kappa shape index (κ3) is 6.58. The molecule has 2 nitrogen and oxygen atoms in total. The smallest absolute Gasteiger partial charge is 0.0961 e. The van der Waals surface area contributed by atoms with Crippen LogP contribution in [0.2, 0.25) is 0 Å². The van der Waals surface area contributed by atoms with Crippen LogP contribution in [0.5, 0.6) is 0 Å². The fourth-order valence-electron chi connectivity index (χ4n) is 6.51. The molecule has 1 N–H and O–H groups in total. The minimum atomic E-state index is -0.460. The van der Waals surface area contributed by atoms with E-state index in [1.54, 1.807) is 11.3 Å². The van der Waals surface area contributed by atoms with E-state index in [1.165, 1.54) is 39.2 Å². The van der Waals surface area contributed by atoms with Crippen LogP contribution in [0.25, 0.3) is 0 Å². The van der Waals surface area contributed by atoms with Gasteiger partial charge in [-0.05, 0) is 88.7 Å². The summed E-state index contributed by atoms with van der Waals surface area (Å²) in [7, 11) is 0. The Morgan fingerprint density at radius 1 is 0.825 bits per heavy atom. The highest BCUT2D eigenvalue weighted by molar-refractivity contribution is 7.09. The van der Waals surface area contributed by atoms with Gasteiger partial charge in [0.05, 0.1) is 11.1 Å². The molecule has 0 fully saturated rings. The van der Waals surface area contributed by atoms with Gasteiger partial charge >= 0.3 is 0 Å². The molecule has 1 aromatic heterocycles. The Kier molecular flexibility index (Phi) is 9.23. The molecule has 0 spiro atoms. The lowest BCUT2D eigenvalue weighted by atomic mass is 9.70. The Labute approximate surface area is 245 Å². The maximum Gasteiger partial charge on any atom is 0.0961 e. The molecule has 3 heteroatoms. The van der Waals surface area contributed by atoms with Crippen LogP contribution < -0.4 is 0 Å². The molecule has 40 heavy (non-hydrogen) atoms. The summed E-state index contributed by atoms with van der Waals surface area (Å²) < 4.78 is 0. The van der Waals surface area contributed by atoms with Crippen LogP contribution in [0.1, 0.15) is 90.9 Å². The monoisotopic (exact) mass is 551 g/mol. The van der Waals surface area contributed by atoms with Gasteiger partial charge in [0.25, 0.3) is 0 Å². The predicted octanol–water partition coefficient (Wildman–Crippen LogP) is 9.19. The maximum atomic E-state index is 11.3. The van der Waals surface area contributed by atoms with E-state index >= 15 is 0 Å². The van der Waals surface area contributed by atoms with Gasteiger partial charge in [0.1, 0.15) is 0 Å². The number of aliphatic hydroxyl groups excluding tert-OH is 1. The third-order valence-corrected chi connectivity index (χ3v) is 10.3. The van der Waals surface area contributed by atoms with Crippen molar-refractivity contribution in [3.8, 4) is 0 Å². The Bertz CT molecular complexity index is 1360. The second-order valence-electron chi connectivity index (χ2n) is 12.7. The van der Waals surface area contributed by atoms with Gasteiger partial charge < -0.3 is 5.11 Å². The van der Waals surface area contributed by atoms with E-state index in [1.807, 2.05) is 6.20 Å². The maximum absolute atomic E-state index is 11.3. The van der Waals surface area contributed by atoms with Crippen LogP contribution in [0, 0.1) is 23.7 Å². The topological polar surface area (TPSA) is 33.1 Å². The molecule has 6 atom stereocenters. The number of aromatic nitrogens is 1. The Hall–Kier alpha value is -2.75. The molecule has 210 valence electrons. The molecule has 4 aromatic rings. The zero-order chi connectivity index (χ0) is 28.2. The van der Waals surface area contributed by atoms with E-state index in [9.17, 15) is 5.11 Å². The molecular formula is C37H45NOS. The molecule has 1 aliphatic rings. The molecule has 0 saturated carbocycles. The van der Waals surface area contributed by atoms with Crippen molar-refractivity contribution in [3.05, 3.63) is 123 Å². The van der Waals surface area contributed by atoms with Crippen molar-refractivity contribution in [3.63, 3.8) is 0 Å². The van der Waals surface area contributed by atoms with Crippen LogP contribution in [-0.4, -0.2) is 10.1 Å². The standard InChI is InChI=1S/C37H45NOS/c1-24(2)34(37-38-17-18-40-37)22-30-10-8-9-29(21-30)19-25(3)27(5)36(39)31-15-13-28(14-16-31)20-26(4)35-23-32-11-6-7-12-33(32)35/h6-18,21,24-27,34-36,39H,19-20,22-23H2,1-5H3. The van der Waals surface area contributed by atoms with Gasteiger partial charge in [0.15, 0.2) is 0 Å². The van der Waals surface area contributed by atoms with Crippen LogP contribution in [0.3, 0.4) is 0 Å². The summed E-state index contributed by atoms with van der Waals surface area (Å²) in [4.78, 5) is 4.61. The molecule has 0 saturated heterocycles. The Morgan fingerprint density at radius 2 is 1.55 bits per heavy atom. The van der Waals surface area contributed by atoms with Crippen molar-refractivity contribution in [2.45, 2.75) is 78.2 Å². The van der Waals surface area contributed by atoms with Crippen molar-refractivity contribution in [1.82, 2.24) is 4.98 Å². The first-order valence-corrected chi connectivity index (χ1v) is 16.0. The summed E-state index contributed by atoms with van der Waals surface area (Å²) in [5.74, 6) is 2.82. The summed E-state index contributed by atoms with van der Waals surface area (Å²) in [6.07, 6.45) is 5.73. The molecule has 1 heterocycles. The van der Waals surface area contributed by atoms with Crippen molar-refractivity contribution < 1.29 is 5.11 Å². The molecule has 3 aromatic carbocycles. The van der Waals surface area contributed by atoms with Crippen LogP contribution >= 0.6 is 11.3 Å². The number of hydrogen-bond acceptors (Lipinski definition) is 3. The van der Waals surface area contributed by atoms with E-state index < -0.39 is 6.10 Å². The molecule has 6 unspecified atom stereocenters. The lowest BCUT2D eigenvalue weighted by molar-refractivity contribution is 0.0872. The second-order valence-corrected chi connectivity index (χ2v) is 13.6. The third-order valence-electron chi connectivity index (χ3n) is 9.43. The molecule has 0 radical (unpaired) electrons. The number of aliphatic hydroxyl groups is 1. The first-order valence-electron chi connectivity index (χ1n) is 15.1. The summed E-state index contributed by atoms with van der Waals surface area (Å²) in [5.41, 5.74) is 8.18. The average molecular weight is 552 g/mol. The fraction of sp³-hybridized carbons (Fsp3) is 0.432. The van der Waals surface area contributed by atoms with E-state index in [2.05, 4.69) is 118 Å². The number of thiazole rings is 1. The summed E-state index contributed by atoms with van der Waals surface area (Å²) >= 11 is 1.77. The fourth-order valence-corrected chi connectivity index (χ4v) is 7.42. The number of rotatable bonds is 12. The summed E-state index contributed by atoms with van der Waals surface area (Å²) in [6, 6.07) is 26.7. The molecular weight excluding hydrogens is 506 g/mol. The SMILES string of the molecule is CC(C)C(Cc1cccc(CC(C)C(C)C(O)c2ccc(CC(C)C3Cc4ccccc43)cc2)c1)c1nccs1. The minimum Gasteiger partial charge on any atom is -0.388 e. The molecule has 5 rings (SSSR count). The van der Waals surface area contributed by atoms with E-state index in [0.29, 0.717) is 29.6 Å². The molecule has 0 amide bonds. The highest BCUT2D eigenvalue weighted by atomic mass is 32.1. The first-order chi connectivity index (χ1) is 19.3. The zero-order valence-corrected chi connectivity index (χ0v) is 25.6. The van der Waals surface area contributed by atoms with Gasteiger partial charge in [-0.1, -0.05) is 107 Å². The quantitative estimate of drug-likeness (QED) is 0.190. The molecule has 0 aliphatic heterocycles. The van der Waals surface area contributed by atoms with Crippen LogP contribution in [0.4, 0.5) is 0 Å². The van der Waals surface area contributed by atoms with E-state index in [4.69, 9.17) is 0 Å².